The molecule has 0 saturated carbocycles. The Labute approximate surface area is 163 Å². The molecule has 0 unspecified atom stereocenters. The second-order valence-electron chi connectivity index (χ2n) is 5.15. The summed E-state index contributed by atoms with van der Waals surface area (Å²) in [5, 5.41) is 8.46. The van der Waals surface area contributed by atoms with Crippen LogP contribution in [0, 0.1) is 0 Å². The van der Waals surface area contributed by atoms with Crippen LogP contribution in [0.5, 0.6) is 5.75 Å². The van der Waals surface area contributed by atoms with Gasteiger partial charge in [-0.3, -0.25) is 5.43 Å². The summed E-state index contributed by atoms with van der Waals surface area (Å²) in [4.78, 5) is 8.46. The quantitative estimate of drug-likeness (QED) is 0.180. The lowest BCUT2D eigenvalue weighted by atomic mass is 10.1. The Hall–Kier alpha value is -2.45. The number of thiocarbonyl (C=S) groups is 1. The number of hydrogen-bond donors (Lipinski definition) is 2. The molecule has 0 saturated heterocycles. The first-order valence-corrected chi connectivity index (χ1v) is 9.29. The van der Waals surface area contributed by atoms with E-state index in [0.717, 1.165) is 27.7 Å². The van der Waals surface area contributed by atoms with Crippen LogP contribution in [0.1, 0.15) is 18.1 Å². The monoisotopic (exact) mass is 387 g/mol. The summed E-state index contributed by atoms with van der Waals surface area (Å²) in [6.07, 6.45) is 5.19. The van der Waals surface area contributed by atoms with Crippen molar-refractivity contribution in [1.82, 2.24) is 20.7 Å². The molecule has 0 aliphatic rings. The second-order valence-corrected chi connectivity index (χ2v) is 6.51. The first-order chi connectivity index (χ1) is 12.6. The molecular weight excluding hydrogens is 366 g/mol. The summed E-state index contributed by atoms with van der Waals surface area (Å²) in [5.74, 6) is 1.52. The molecule has 0 aliphatic carbocycles. The Bertz CT molecular complexity index is 780. The van der Waals surface area contributed by atoms with Crippen molar-refractivity contribution in [3.8, 4) is 5.75 Å². The molecule has 2 rings (SSSR count). The zero-order chi connectivity index (χ0) is 18.8. The van der Waals surface area contributed by atoms with E-state index >= 15 is 0 Å². The molecule has 2 aromatic rings. The number of hydrogen-bond acceptors (Lipinski definition) is 6. The molecule has 2 N–H and O–H groups in total. The Morgan fingerprint density at radius 3 is 2.85 bits per heavy atom. The standard InChI is InChI=1S/C18H21N5OS2/c1-4-8-19-17(25)23-22-13(2)14-6-7-16(24-3)15(11-14)12-26-18-20-9-5-10-21-18/h4-7,9-11H,1,8,12H2,2-3H3,(H2,19,23,25). The molecule has 0 spiro atoms. The maximum Gasteiger partial charge on any atom is 0.187 e. The van der Waals surface area contributed by atoms with Crippen molar-refractivity contribution in [2.24, 2.45) is 5.10 Å². The van der Waals surface area contributed by atoms with Crippen LogP contribution in [0.2, 0.25) is 0 Å². The second kappa shape index (κ2) is 10.5. The molecule has 136 valence electrons. The maximum atomic E-state index is 5.46. The van der Waals surface area contributed by atoms with Crippen LogP contribution in [0.25, 0.3) is 0 Å². The van der Waals surface area contributed by atoms with Crippen molar-refractivity contribution in [3.63, 3.8) is 0 Å². The van der Waals surface area contributed by atoms with Crippen molar-refractivity contribution < 1.29 is 4.74 Å². The van der Waals surface area contributed by atoms with Crippen LogP contribution in [0.3, 0.4) is 0 Å². The van der Waals surface area contributed by atoms with Gasteiger partial charge in [-0.05, 0) is 49.0 Å². The Balaban J connectivity index is 2.09. The van der Waals surface area contributed by atoms with Gasteiger partial charge in [-0.25, -0.2) is 9.97 Å². The molecule has 8 heteroatoms. The minimum Gasteiger partial charge on any atom is -0.496 e. The highest BCUT2D eigenvalue weighted by Gasteiger charge is 2.08. The van der Waals surface area contributed by atoms with E-state index in [1.54, 1.807) is 43.4 Å². The predicted molar refractivity (Wildman–Crippen MR) is 111 cm³/mol. The van der Waals surface area contributed by atoms with E-state index < -0.39 is 0 Å². The molecule has 0 bridgehead atoms. The summed E-state index contributed by atoms with van der Waals surface area (Å²) in [6.45, 7) is 6.14. The van der Waals surface area contributed by atoms with Crippen molar-refractivity contribution in [2.45, 2.75) is 17.8 Å². The minimum atomic E-state index is 0.453. The van der Waals surface area contributed by atoms with Gasteiger partial charge in [0.05, 0.1) is 12.8 Å². The summed E-state index contributed by atoms with van der Waals surface area (Å²) in [7, 11) is 1.66. The first kappa shape index (κ1) is 19.9. The number of methoxy groups -OCH3 is 1. The summed E-state index contributed by atoms with van der Waals surface area (Å²) in [5.41, 5.74) is 5.67. The first-order valence-electron chi connectivity index (χ1n) is 7.90. The zero-order valence-electron chi connectivity index (χ0n) is 14.7. The molecule has 26 heavy (non-hydrogen) atoms. The van der Waals surface area contributed by atoms with E-state index in [4.69, 9.17) is 17.0 Å². The van der Waals surface area contributed by atoms with E-state index in [9.17, 15) is 0 Å². The summed E-state index contributed by atoms with van der Waals surface area (Å²) < 4.78 is 5.46. The molecule has 6 nitrogen and oxygen atoms in total. The molecule has 0 amide bonds. The molecule has 1 aromatic heterocycles. The van der Waals surface area contributed by atoms with Gasteiger partial charge in [0, 0.05) is 30.3 Å². The number of benzene rings is 1. The van der Waals surface area contributed by atoms with Crippen molar-refractivity contribution in [2.75, 3.05) is 13.7 Å². The fourth-order valence-corrected chi connectivity index (χ4v) is 2.93. The Morgan fingerprint density at radius 1 is 1.38 bits per heavy atom. The molecule has 0 radical (unpaired) electrons. The fraction of sp³-hybridized carbons (Fsp3) is 0.222. The van der Waals surface area contributed by atoms with E-state index in [0.29, 0.717) is 17.4 Å². The third-order valence-electron chi connectivity index (χ3n) is 3.33. The highest BCUT2D eigenvalue weighted by atomic mass is 32.2. The number of ether oxygens (including phenoxy) is 1. The summed E-state index contributed by atoms with van der Waals surface area (Å²) in [6, 6.07) is 7.75. The lowest BCUT2D eigenvalue weighted by molar-refractivity contribution is 0.411. The van der Waals surface area contributed by atoms with Crippen LogP contribution in [-0.2, 0) is 5.75 Å². The van der Waals surface area contributed by atoms with Crippen molar-refractivity contribution in [1.29, 1.82) is 0 Å². The number of nitrogens with zero attached hydrogens (tertiary/aromatic N) is 3. The van der Waals surface area contributed by atoms with Gasteiger partial charge in [0.15, 0.2) is 10.3 Å². The van der Waals surface area contributed by atoms with Gasteiger partial charge >= 0.3 is 0 Å². The number of rotatable bonds is 8. The number of thioether (sulfide) groups is 1. The normalized spacial score (nSPS) is 10.9. The molecule has 0 atom stereocenters. The lowest BCUT2D eigenvalue weighted by Gasteiger charge is -2.11. The minimum absolute atomic E-state index is 0.453. The van der Waals surface area contributed by atoms with Gasteiger partial charge in [-0.1, -0.05) is 17.8 Å². The van der Waals surface area contributed by atoms with Gasteiger partial charge in [0.2, 0.25) is 0 Å². The van der Waals surface area contributed by atoms with Crippen LogP contribution >= 0.6 is 24.0 Å². The van der Waals surface area contributed by atoms with Crippen molar-refractivity contribution >= 4 is 34.8 Å². The van der Waals surface area contributed by atoms with Crippen LogP contribution in [-0.4, -0.2) is 34.4 Å². The maximum absolute atomic E-state index is 5.46. The molecule has 0 aliphatic heterocycles. The smallest absolute Gasteiger partial charge is 0.187 e. The molecule has 0 fully saturated rings. The summed E-state index contributed by atoms with van der Waals surface area (Å²) >= 11 is 6.69. The Morgan fingerprint density at radius 2 is 2.15 bits per heavy atom. The third-order valence-corrected chi connectivity index (χ3v) is 4.49. The van der Waals surface area contributed by atoms with Gasteiger partial charge in [-0.15, -0.1) is 6.58 Å². The van der Waals surface area contributed by atoms with Gasteiger partial charge in [0.25, 0.3) is 0 Å². The topological polar surface area (TPSA) is 71.4 Å². The molecular formula is C18H21N5OS2. The molecule has 1 aromatic carbocycles. The van der Waals surface area contributed by atoms with Gasteiger partial charge in [0.1, 0.15) is 5.75 Å². The van der Waals surface area contributed by atoms with E-state index in [1.165, 1.54) is 0 Å². The SMILES string of the molecule is C=CCNC(=S)NN=C(C)c1ccc(OC)c(CSc2ncccn2)c1. The third kappa shape index (κ3) is 6.12. The van der Waals surface area contributed by atoms with Crippen molar-refractivity contribution in [3.05, 3.63) is 60.4 Å². The fourth-order valence-electron chi connectivity index (χ4n) is 2.02. The highest BCUT2D eigenvalue weighted by Crippen LogP contribution is 2.27. The highest BCUT2D eigenvalue weighted by molar-refractivity contribution is 7.98. The zero-order valence-corrected chi connectivity index (χ0v) is 16.4. The van der Waals surface area contributed by atoms with Crippen LogP contribution < -0.4 is 15.5 Å². The number of aromatic nitrogens is 2. The van der Waals surface area contributed by atoms with E-state index in [1.807, 2.05) is 19.1 Å². The average molecular weight is 388 g/mol. The number of nitrogens with one attached hydrogen (secondary N) is 2. The lowest BCUT2D eigenvalue weighted by Crippen LogP contribution is -2.32. The van der Waals surface area contributed by atoms with E-state index in [2.05, 4.69) is 38.5 Å². The van der Waals surface area contributed by atoms with Gasteiger partial charge < -0.3 is 10.1 Å². The molecule has 1 heterocycles. The average Bonchev–Trinajstić information content (AvgIpc) is 2.69. The predicted octanol–water partition coefficient (Wildman–Crippen LogP) is 3.15. The Kier molecular flexibility index (Phi) is 8.04. The van der Waals surface area contributed by atoms with Crippen LogP contribution in [0.4, 0.5) is 0 Å². The largest absolute Gasteiger partial charge is 0.496 e. The number of hydrazone groups is 1. The van der Waals surface area contributed by atoms with Gasteiger partial charge in [-0.2, -0.15) is 5.10 Å². The van der Waals surface area contributed by atoms with E-state index in [-0.39, 0.29) is 0 Å². The van der Waals surface area contributed by atoms with Crippen LogP contribution in [0.15, 0.2) is 59.6 Å².